The number of aromatic nitrogens is 2. The van der Waals surface area contributed by atoms with Gasteiger partial charge in [0.2, 0.25) is 0 Å². The summed E-state index contributed by atoms with van der Waals surface area (Å²) >= 11 is 0. The summed E-state index contributed by atoms with van der Waals surface area (Å²) in [4.78, 5) is 27.8. The Bertz CT molecular complexity index is 784. The molecule has 1 aliphatic heterocycles. The van der Waals surface area contributed by atoms with Crippen LogP contribution >= 0.6 is 0 Å². The third-order valence-electron chi connectivity index (χ3n) is 5.03. The van der Waals surface area contributed by atoms with Crippen molar-refractivity contribution in [1.82, 2.24) is 9.55 Å². The molecule has 4 atom stereocenters. The van der Waals surface area contributed by atoms with Crippen molar-refractivity contribution in [3.05, 3.63) is 22.7 Å². The lowest BCUT2D eigenvalue weighted by atomic mass is 10.0. The Morgan fingerprint density at radius 1 is 1.40 bits per heavy atom. The monoisotopic (exact) mass is 422 g/mol. The summed E-state index contributed by atoms with van der Waals surface area (Å²) in [6.07, 6.45) is 2.39. The molecule has 2 heterocycles. The highest BCUT2D eigenvalue weighted by Crippen LogP contribution is 2.33. The first-order valence-corrected chi connectivity index (χ1v) is 10.3. The van der Waals surface area contributed by atoms with Crippen molar-refractivity contribution in [2.45, 2.75) is 76.9 Å². The fourth-order valence-corrected chi connectivity index (χ4v) is 3.33. The van der Waals surface area contributed by atoms with Crippen LogP contribution in [0.4, 0.5) is 10.6 Å². The molecule has 0 aromatic carbocycles. The van der Waals surface area contributed by atoms with Gasteiger partial charge >= 0.3 is 11.8 Å². The lowest BCUT2D eigenvalue weighted by molar-refractivity contribution is -0.0646. The molecule has 0 aliphatic carbocycles. The first kappa shape index (κ1) is 23.6. The molecule has 0 bridgehead atoms. The number of anilines is 1. The summed E-state index contributed by atoms with van der Waals surface area (Å²) in [5.41, 5.74) is 4.77. The normalized spacial score (nSPS) is 23.3. The van der Waals surface area contributed by atoms with E-state index in [1.807, 2.05) is 6.07 Å². The Kier molecular flexibility index (Phi) is 9.08. The van der Waals surface area contributed by atoms with Crippen LogP contribution in [-0.4, -0.2) is 45.7 Å². The van der Waals surface area contributed by atoms with Gasteiger partial charge in [0.05, 0.1) is 6.07 Å². The van der Waals surface area contributed by atoms with Gasteiger partial charge in [-0.05, 0) is 18.9 Å². The second kappa shape index (κ2) is 11.5. The number of nitrogens with two attached hydrogens (primary N) is 1. The Labute approximate surface area is 175 Å². The van der Waals surface area contributed by atoms with Crippen LogP contribution in [0.3, 0.4) is 0 Å². The molecule has 166 valence electrons. The number of hydrogen-bond acceptors (Lipinski definition) is 9. The third kappa shape index (κ3) is 6.18. The number of carbonyl (C=O) groups excluding carboxylic acids is 1. The number of unbranched alkanes of at least 4 members (excludes halogenated alkanes) is 2. The molecule has 1 unspecified atom stereocenters. The molecule has 1 aliphatic rings. The Hall–Kier alpha value is -2.64. The molecule has 0 saturated carbocycles. The summed E-state index contributed by atoms with van der Waals surface area (Å²) in [6, 6.07) is 3.32. The van der Waals surface area contributed by atoms with Crippen LogP contribution in [0.25, 0.3) is 0 Å². The second-order valence-corrected chi connectivity index (χ2v) is 7.34. The highest BCUT2D eigenvalue weighted by atomic mass is 16.7. The summed E-state index contributed by atoms with van der Waals surface area (Å²) in [6.45, 7) is 3.83. The minimum absolute atomic E-state index is 0.0339. The van der Waals surface area contributed by atoms with E-state index >= 15 is 0 Å². The molecule has 0 amide bonds. The number of nitrogen functional groups attached to an aromatic ring is 1. The van der Waals surface area contributed by atoms with Gasteiger partial charge in [-0.2, -0.15) is 10.2 Å². The Morgan fingerprint density at radius 3 is 2.63 bits per heavy atom. The number of nitriles is 1. The van der Waals surface area contributed by atoms with Gasteiger partial charge in [-0.3, -0.25) is 4.57 Å². The first-order chi connectivity index (χ1) is 14.4. The topological polar surface area (TPSA) is 150 Å². The zero-order valence-electron chi connectivity index (χ0n) is 17.4. The van der Waals surface area contributed by atoms with E-state index in [1.54, 1.807) is 0 Å². The number of hydrogen-bond donors (Lipinski definition) is 2. The van der Waals surface area contributed by atoms with E-state index in [0.29, 0.717) is 0 Å². The molecule has 10 nitrogen and oxygen atoms in total. The van der Waals surface area contributed by atoms with Crippen LogP contribution < -0.4 is 11.4 Å². The van der Waals surface area contributed by atoms with Crippen molar-refractivity contribution in [2.24, 2.45) is 5.92 Å². The van der Waals surface area contributed by atoms with Crippen LogP contribution in [0.15, 0.2) is 17.1 Å². The van der Waals surface area contributed by atoms with Crippen LogP contribution in [-0.2, 0) is 14.2 Å². The maximum Gasteiger partial charge on any atom is 0.508 e. The summed E-state index contributed by atoms with van der Waals surface area (Å²) in [5, 5.41) is 19.8. The molecular weight excluding hydrogens is 392 g/mol. The lowest BCUT2D eigenvalue weighted by Crippen LogP contribution is -2.32. The highest BCUT2D eigenvalue weighted by molar-refractivity contribution is 5.60. The number of nitrogens with zero attached hydrogens (tertiary/aromatic N) is 3. The number of rotatable bonds is 10. The summed E-state index contributed by atoms with van der Waals surface area (Å²) in [5.74, 6) is -1.01. The highest BCUT2D eigenvalue weighted by Gasteiger charge is 2.46. The van der Waals surface area contributed by atoms with Gasteiger partial charge in [0, 0.05) is 6.20 Å². The number of carbonyl (C=O) groups is 1. The van der Waals surface area contributed by atoms with E-state index in [1.165, 1.54) is 12.3 Å². The van der Waals surface area contributed by atoms with Crippen LogP contribution in [0.5, 0.6) is 0 Å². The minimum Gasteiger partial charge on any atom is -0.431 e. The molecular formula is C20H30N4O6. The molecule has 1 aromatic heterocycles. The number of ether oxygens (including phenoxy) is 3. The molecule has 10 heteroatoms. The Morgan fingerprint density at radius 2 is 2.07 bits per heavy atom. The largest absolute Gasteiger partial charge is 0.508 e. The van der Waals surface area contributed by atoms with Crippen molar-refractivity contribution >= 4 is 12.0 Å². The van der Waals surface area contributed by atoms with Gasteiger partial charge < -0.3 is 25.1 Å². The van der Waals surface area contributed by atoms with Gasteiger partial charge in [-0.1, -0.05) is 39.5 Å². The molecule has 2 rings (SSSR count). The minimum atomic E-state index is -1.26. The van der Waals surface area contributed by atoms with Crippen LogP contribution in [0.1, 0.15) is 58.6 Å². The molecule has 0 radical (unpaired) electrons. The average molecular weight is 422 g/mol. The smallest absolute Gasteiger partial charge is 0.431 e. The summed E-state index contributed by atoms with van der Waals surface area (Å²) in [7, 11) is 0. The molecule has 1 aromatic rings. The van der Waals surface area contributed by atoms with Gasteiger partial charge in [0.25, 0.3) is 0 Å². The van der Waals surface area contributed by atoms with Crippen molar-refractivity contribution in [3.8, 4) is 6.07 Å². The van der Waals surface area contributed by atoms with E-state index in [4.69, 9.17) is 19.9 Å². The van der Waals surface area contributed by atoms with Gasteiger partial charge in [-0.15, -0.1) is 0 Å². The number of aliphatic hydroxyl groups is 1. The van der Waals surface area contributed by atoms with Crippen molar-refractivity contribution in [1.29, 1.82) is 5.26 Å². The maximum atomic E-state index is 12.1. The maximum absolute atomic E-state index is 12.1. The fraction of sp³-hybridized carbons (Fsp3) is 0.700. The van der Waals surface area contributed by atoms with Crippen molar-refractivity contribution < 1.29 is 24.1 Å². The van der Waals surface area contributed by atoms with Crippen molar-refractivity contribution in [3.63, 3.8) is 0 Å². The standard InChI is InChI=1S/C20H30N4O6/c1-3-5-7-13(8-6-4-2)29-20(27)28-12-15-17(25)14(11-21)18(30-15)24-10-9-16(22)23-19(24)26/h9-10,13-15,17-18,25H,3-8,12H2,1-2H3,(H2,22,23,26)/t14-,15+,17-,18?/m0/s1. The molecule has 0 spiro atoms. The van der Waals surface area contributed by atoms with Gasteiger partial charge in [0.1, 0.15) is 36.7 Å². The number of aliphatic hydroxyl groups excluding tert-OH is 1. The van der Waals surface area contributed by atoms with Gasteiger partial charge in [-0.25, -0.2) is 9.59 Å². The zero-order chi connectivity index (χ0) is 22.1. The first-order valence-electron chi connectivity index (χ1n) is 10.3. The fourth-order valence-electron chi connectivity index (χ4n) is 3.33. The van der Waals surface area contributed by atoms with E-state index in [2.05, 4.69) is 18.8 Å². The SMILES string of the molecule is CCCCC(CCCC)OC(=O)OC[C@H]1OC(n2ccc(N)nc2=O)[C@@H](C#N)[C@@H]1O. The molecule has 30 heavy (non-hydrogen) atoms. The Balaban J connectivity index is 1.96. The van der Waals surface area contributed by atoms with Crippen LogP contribution in [0.2, 0.25) is 0 Å². The van der Waals surface area contributed by atoms with Crippen molar-refractivity contribution in [2.75, 3.05) is 12.3 Å². The van der Waals surface area contributed by atoms with E-state index < -0.39 is 36.2 Å². The molecule has 1 fully saturated rings. The lowest BCUT2D eigenvalue weighted by Gasteiger charge is -2.19. The predicted octanol–water partition coefficient (Wildman–Crippen LogP) is 2.13. The molecule has 1 saturated heterocycles. The van der Waals surface area contributed by atoms with E-state index in [-0.39, 0.29) is 18.5 Å². The quantitative estimate of drug-likeness (QED) is 0.540. The average Bonchev–Trinajstić information content (AvgIpc) is 3.03. The van der Waals surface area contributed by atoms with E-state index in [0.717, 1.165) is 43.1 Å². The summed E-state index contributed by atoms with van der Waals surface area (Å²) < 4.78 is 17.3. The second-order valence-electron chi connectivity index (χ2n) is 7.34. The van der Waals surface area contributed by atoms with Crippen LogP contribution in [0, 0.1) is 17.2 Å². The predicted molar refractivity (Wildman–Crippen MR) is 107 cm³/mol. The molecule has 3 N–H and O–H groups in total. The van der Waals surface area contributed by atoms with E-state index in [9.17, 15) is 20.0 Å². The zero-order valence-corrected chi connectivity index (χ0v) is 17.4. The van der Waals surface area contributed by atoms with Gasteiger partial charge in [0.15, 0.2) is 6.23 Å². The third-order valence-corrected chi connectivity index (χ3v) is 5.03.